The minimum atomic E-state index is -0.149. The summed E-state index contributed by atoms with van der Waals surface area (Å²) in [4.78, 5) is 18.1. The van der Waals surface area contributed by atoms with Crippen LogP contribution in [0.1, 0.15) is 30.8 Å². The maximum atomic E-state index is 12.7. The van der Waals surface area contributed by atoms with E-state index >= 15 is 0 Å². The number of nitrogens with zero attached hydrogens (tertiary/aromatic N) is 2. The molecule has 0 aliphatic carbocycles. The van der Waals surface area contributed by atoms with E-state index in [2.05, 4.69) is 10.3 Å². The van der Waals surface area contributed by atoms with Gasteiger partial charge in [-0.2, -0.15) is 0 Å². The molecule has 3 aromatic rings. The van der Waals surface area contributed by atoms with Crippen molar-refractivity contribution in [2.75, 3.05) is 0 Å². The van der Waals surface area contributed by atoms with Gasteiger partial charge in [0, 0.05) is 23.5 Å². The average Bonchev–Trinajstić information content (AvgIpc) is 3.24. The number of benzene rings is 1. The van der Waals surface area contributed by atoms with Gasteiger partial charge in [-0.1, -0.05) is 42.0 Å². The van der Waals surface area contributed by atoms with E-state index in [4.69, 9.17) is 11.6 Å². The first kappa shape index (κ1) is 16.7. The molecule has 24 heavy (non-hydrogen) atoms. The number of thiazole rings is 1. The van der Waals surface area contributed by atoms with E-state index in [0.29, 0.717) is 10.7 Å². The normalized spacial score (nSPS) is 12.1. The van der Waals surface area contributed by atoms with Crippen LogP contribution in [0.4, 0.5) is 0 Å². The standard InChI is InChI=1S/C18H18ClN3OS/c1-3-12(2)20-17(23)15-16(13-6-8-14(19)9-7-13)24-18(21-15)22-10-4-5-11-22/h4-12H,3H2,1-2H3,(H,20,23). The Morgan fingerprint density at radius 1 is 1.29 bits per heavy atom. The van der Waals surface area contributed by atoms with Gasteiger partial charge in [0.05, 0.1) is 4.88 Å². The Labute approximate surface area is 150 Å². The smallest absolute Gasteiger partial charge is 0.271 e. The number of hydrogen-bond donors (Lipinski definition) is 1. The van der Waals surface area contributed by atoms with Crippen molar-refractivity contribution in [3.63, 3.8) is 0 Å². The van der Waals surface area contributed by atoms with Crippen LogP contribution in [0, 0.1) is 0 Å². The maximum absolute atomic E-state index is 12.7. The second kappa shape index (κ2) is 7.20. The number of aromatic nitrogens is 2. The minimum Gasteiger partial charge on any atom is -0.348 e. The molecule has 124 valence electrons. The van der Waals surface area contributed by atoms with Crippen LogP contribution in [0.15, 0.2) is 48.8 Å². The van der Waals surface area contributed by atoms with Crippen LogP contribution in [-0.2, 0) is 0 Å². The van der Waals surface area contributed by atoms with Crippen molar-refractivity contribution in [2.24, 2.45) is 0 Å². The van der Waals surface area contributed by atoms with E-state index in [1.807, 2.05) is 67.2 Å². The van der Waals surface area contributed by atoms with Crippen molar-refractivity contribution in [3.05, 3.63) is 59.5 Å². The van der Waals surface area contributed by atoms with Gasteiger partial charge in [-0.05, 0) is 43.2 Å². The van der Waals surface area contributed by atoms with Crippen molar-refractivity contribution in [1.29, 1.82) is 0 Å². The molecule has 2 aromatic heterocycles. The van der Waals surface area contributed by atoms with Crippen LogP contribution in [0.25, 0.3) is 15.6 Å². The molecule has 1 unspecified atom stereocenters. The Morgan fingerprint density at radius 2 is 1.96 bits per heavy atom. The summed E-state index contributed by atoms with van der Waals surface area (Å²) in [5.41, 5.74) is 1.39. The summed E-state index contributed by atoms with van der Waals surface area (Å²) in [6, 6.07) is 11.4. The van der Waals surface area contributed by atoms with Gasteiger partial charge in [-0.25, -0.2) is 4.98 Å². The van der Waals surface area contributed by atoms with Crippen LogP contribution in [0.2, 0.25) is 5.02 Å². The Morgan fingerprint density at radius 3 is 2.58 bits per heavy atom. The third-order valence-corrected chi connectivity index (χ3v) is 5.12. The van der Waals surface area contributed by atoms with Gasteiger partial charge >= 0.3 is 0 Å². The zero-order valence-corrected chi connectivity index (χ0v) is 15.1. The topological polar surface area (TPSA) is 46.9 Å². The second-order valence-corrected chi connectivity index (χ2v) is 6.97. The molecule has 3 rings (SSSR count). The van der Waals surface area contributed by atoms with Gasteiger partial charge in [0.25, 0.3) is 5.91 Å². The van der Waals surface area contributed by atoms with Crippen molar-refractivity contribution >= 4 is 28.8 Å². The van der Waals surface area contributed by atoms with Crippen LogP contribution in [0.5, 0.6) is 0 Å². The van der Waals surface area contributed by atoms with Crippen LogP contribution < -0.4 is 5.32 Å². The molecule has 0 radical (unpaired) electrons. The third kappa shape index (κ3) is 3.52. The summed E-state index contributed by atoms with van der Waals surface area (Å²) >= 11 is 7.47. The lowest BCUT2D eigenvalue weighted by molar-refractivity contribution is 0.0935. The highest BCUT2D eigenvalue weighted by molar-refractivity contribution is 7.17. The third-order valence-electron chi connectivity index (χ3n) is 3.75. The number of carbonyl (C=O) groups excluding carboxylic acids is 1. The van der Waals surface area contributed by atoms with Crippen molar-refractivity contribution in [1.82, 2.24) is 14.9 Å². The predicted molar refractivity (Wildman–Crippen MR) is 99.1 cm³/mol. The minimum absolute atomic E-state index is 0.104. The zero-order chi connectivity index (χ0) is 17.1. The molecule has 0 bridgehead atoms. The molecule has 0 fully saturated rings. The highest BCUT2D eigenvalue weighted by atomic mass is 35.5. The van der Waals surface area contributed by atoms with E-state index in [-0.39, 0.29) is 11.9 Å². The zero-order valence-electron chi connectivity index (χ0n) is 13.5. The van der Waals surface area contributed by atoms with Crippen molar-refractivity contribution in [2.45, 2.75) is 26.3 Å². The molecule has 2 heterocycles. The van der Waals surface area contributed by atoms with E-state index in [1.54, 1.807) is 0 Å². The molecule has 0 spiro atoms. The molecule has 6 heteroatoms. The van der Waals surface area contributed by atoms with Crippen LogP contribution >= 0.6 is 22.9 Å². The first-order chi connectivity index (χ1) is 11.6. The Kier molecular flexibility index (Phi) is 5.02. The van der Waals surface area contributed by atoms with Gasteiger partial charge in [-0.3, -0.25) is 4.79 Å². The average molecular weight is 360 g/mol. The summed E-state index contributed by atoms with van der Waals surface area (Å²) in [5, 5.41) is 4.43. The molecule has 0 saturated heterocycles. The monoisotopic (exact) mass is 359 g/mol. The summed E-state index contributed by atoms with van der Waals surface area (Å²) in [5.74, 6) is -0.149. The van der Waals surface area contributed by atoms with Gasteiger partial charge in [-0.15, -0.1) is 0 Å². The first-order valence-corrected chi connectivity index (χ1v) is 8.99. The number of rotatable bonds is 5. The Balaban J connectivity index is 2.04. The summed E-state index contributed by atoms with van der Waals surface area (Å²) in [7, 11) is 0. The molecule has 0 aliphatic heterocycles. The molecule has 0 aliphatic rings. The van der Waals surface area contributed by atoms with E-state index in [9.17, 15) is 4.79 Å². The van der Waals surface area contributed by atoms with E-state index in [0.717, 1.165) is 22.0 Å². The van der Waals surface area contributed by atoms with Crippen molar-refractivity contribution < 1.29 is 4.79 Å². The van der Waals surface area contributed by atoms with Gasteiger partial charge < -0.3 is 9.88 Å². The van der Waals surface area contributed by atoms with Crippen LogP contribution in [0.3, 0.4) is 0 Å². The molecular formula is C18H18ClN3OS. The Hall–Kier alpha value is -2.11. The fourth-order valence-electron chi connectivity index (χ4n) is 2.23. The number of halogens is 1. The molecular weight excluding hydrogens is 342 g/mol. The fraction of sp³-hybridized carbons (Fsp3) is 0.222. The summed E-state index contributed by atoms with van der Waals surface area (Å²) < 4.78 is 1.91. The molecule has 4 nitrogen and oxygen atoms in total. The van der Waals surface area contributed by atoms with Crippen molar-refractivity contribution in [3.8, 4) is 15.6 Å². The van der Waals surface area contributed by atoms with E-state index in [1.165, 1.54) is 11.3 Å². The molecule has 1 aromatic carbocycles. The molecule has 1 atom stereocenters. The Bertz CT molecular complexity index is 825. The second-order valence-electron chi connectivity index (χ2n) is 5.55. The van der Waals surface area contributed by atoms with Gasteiger partial charge in [0.1, 0.15) is 5.69 Å². The molecule has 1 amide bonds. The lowest BCUT2D eigenvalue weighted by atomic mass is 10.1. The van der Waals surface area contributed by atoms with Crippen LogP contribution in [-0.4, -0.2) is 21.5 Å². The highest BCUT2D eigenvalue weighted by Crippen LogP contribution is 2.33. The SMILES string of the molecule is CCC(C)NC(=O)c1nc(-n2cccc2)sc1-c1ccc(Cl)cc1. The number of nitrogens with one attached hydrogen (secondary N) is 1. The predicted octanol–water partition coefficient (Wildman–Crippen LogP) is 4.78. The van der Waals surface area contributed by atoms with Gasteiger partial charge in [0.15, 0.2) is 5.13 Å². The lowest BCUT2D eigenvalue weighted by Crippen LogP contribution is -2.32. The summed E-state index contributed by atoms with van der Waals surface area (Å²) in [6.45, 7) is 4.02. The largest absolute Gasteiger partial charge is 0.348 e. The molecule has 0 saturated carbocycles. The quantitative estimate of drug-likeness (QED) is 0.712. The van der Waals surface area contributed by atoms with Gasteiger partial charge in [0.2, 0.25) is 0 Å². The summed E-state index contributed by atoms with van der Waals surface area (Å²) in [6.07, 6.45) is 4.71. The fourth-order valence-corrected chi connectivity index (χ4v) is 3.39. The number of hydrogen-bond acceptors (Lipinski definition) is 3. The highest BCUT2D eigenvalue weighted by Gasteiger charge is 2.21. The van der Waals surface area contributed by atoms with E-state index < -0.39 is 0 Å². The number of carbonyl (C=O) groups is 1. The molecule has 1 N–H and O–H groups in total. The lowest BCUT2D eigenvalue weighted by Gasteiger charge is -2.10. The first-order valence-electron chi connectivity index (χ1n) is 7.79. The maximum Gasteiger partial charge on any atom is 0.271 e. The number of amides is 1.